The lowest BCUT2D eigenvalue weighted by atomic mass is 10.4. The fourth-order valence-electron chi connectivity index (χ4n) is 1.18. The highest BCUT2D eigenvalue weighted by atomic mass is 32.2. The van der Waals surface area contributed by atoms with E-state index in [-0.39, 0.29) is 0 Å². The maximum Gasteiger partial charge on any atom is 0.143 e. The summed E-state index contributed by atoms with van der Waals surface area (Å²) >= 11 is 1.87. The Morgan fingerprint density at radius 2 is 2.27 bits per heavy atom. The van der Waals surface area contributed by atoms with Gasteiger partial charge in [-0.15, -0.1) is 0 Å². The molecule has 0 amide bonds. The largest absolute Gasteiger partial charge is 0.308 e. The van der Waals surface area contributed by atoms with E-state index in [9.17, 15) is 0 Å². The molecule has 0 saturated heterocycles. The second-order valence-electron chi connectivity index (χ2n) is 3.36. The monoisotopic (exact) mass is 226 g/mol. The van der Waals surface area contributed by atoms with Crippen molar-refractivity contribution in [1.82, 2.24) is 9.97 Å². The minimum Gasteiger partial charge on any atom is -0.308 e. The van der Waals surface area contributed by atoms with E-state index in [4.69, 9.17) is 5.84 Å². The van der Waals surface area contributed by atoms with Crippen LogP contribution in [0, 0.1) is 6.92 Å². The summed E-state index contributed by atoms with van der Waals surface area (Å²) in [5, 5.41) is 0. The third kappa shape index (κ3) is 4.48. The summed E-state index contributed by atoms with van der Waals surface area (Å²) < 4.78 is 0. The number of unbranched alkanes of at least 4 members (excludes halogenated alkanes) is 1. The molecule has 0 aliphatic heterocycles. The second-order valence-corrected chi connectivity index (χ2v) is 4.47. The molecule has 3 N–H and O–H groups in total. The minimum atomic E-state index is 0.689. The molecular weight excluding hydrogens is 208 g/mol. The normalized spacial score (nSPS) is 10.3. The van der Waals surface area contributed by atoms with Gasteiger partial charge in [0.1, 0.15) is 11.6 Å². The van der Waals surface area contributed by atoms with Crippen molar-refractivity contribution < 1.29 is 0 Å². The lowest BCUT2D eigenvalue weighted by molar-refractivity contribution is 0.894. The van der Waals surface area contributed by atoms with E-state index >= 15 is 0 Å². The van der Waals surface area contributed by atoms with E-state index < -0.39 is 0 Å². The van der Waals surface area contributed by atoms with E-state index in [0.29, 0.717) is 5.82 Å². The Labute approximate surface area is 95.0 Å². The summed E-state index contributed by atoms with van der Waals surface area (Å²) in [7, 11) is 0. The Balaban J connectivity index is 2.49. The van der Waals surface area contributed by atoms with Gasteiger partial charge in [-0.1, -0.05) is 13.3 Å². The first-order valence-corrected chi connectivity index (χ1v) is 6.30. The fourth-order valence-corrected chi connectivity index (χ4v) is 2.13. The number of aromatic nitrogens is 2. The molecule has 0 aromatic carbocycles. The number of hydrogen-bond donors (Lipinski definition) is 2. The molecule has 5 heteroatoms. The number of nitrogens with zero attached hydrogens (tertiary/aromatic N) is 2. The molecule has 0 fully saturated rings. The zero-order valence-electron chi connectivity index (χ0n) is 9.29. The van der Waals surface area contributed by atoms with E-state index in [1.165, 1.54) is 18.6 Å². The Morgan fingerprint density at radius 1 is 1.47 bits per heavy atom. The molecule has 0 spiro atoms. The lowest BCUT2D eigenvalue weighted by Gasteiger charge is -2.04. The molecule has 0 bridgehead atoms. The molecule has 0 unspecified atom stereocenters. The Bertz CT molecular complexity index is 303. The van der Waals surface area contributed by atoms with Crippen LogP contribution in [0.3, 0.4) is 0 Å². The van der Waals surface area contributed by atoms with E-state index in [0.717, 1.165) is 17.3 Å². The Morgan fingerprint density at radius 3 is 2.93 bits per heavy atom. The van der Waals surface area contributed by atoms with Crippen LogP contribution in [-0.4, -0.2) is 15.7 Å². The van der Waals surface area contributed by atoms with E-state index in [1.54, 1.807) is 0 Å². The smallest absolute Gasteiger partial charge is 0.143 e. The zero-order chi connectivity index (χ0) is 11.1. The average Bonchev–Trinajstić information content (AvgIpc) is 2.23. The quantitative estimate of drug-likeness (QED) is 0.442. The van der Waals surface area contributed by atoms with Gasteiger partial charge in [0.25, 0.3) is 0 Å². The third-order valence-electron chi connectivity index (χ3n) is 1.92. The van der Waals surface area contributed by atoms with Crippen LogP contribution in [0.15, 0.2) is 6.07 Å². The van der Waals surface area contributed by atoms with Gasteiger partial charge in [-0.2, -0.15) is 11.8 Å². The Kier molecular flexibility index (Phi) is 5.42. The first-order chi connectivity index (χ1) is 7.26. The molecule has 1 heterocycles. The van der Waals surface area contributed by atoms with Crippen molar-refractivity contribution in [3.8, 4) is 0 Å². The van der Waals surface area contributed by atoms with Crippen LogP contribution in [0.5, 0.6) is 0 Å². The van der Waals surface area contributed by atoms with Crippen molar-refractivity contribution in [2.75, 3.05) is 11.2 Å². The molecule has 0 aliphatic carbocycles. The van der Waals surface area contributed by atoms with Crippen LogP contribution in [0.1, 0.15) is 31.3 Å². The van der Waals surface area contributed by atoms with Gasteiger partial charge < -0.3 is 5.43 Å². The van der Waals surface area contributed by atoms with Gasteiger partial charge in [0.2, 0.25) is 0 Å². The number of rotatable bonds is 6. The summed E-state index contributed by atoms with van der Waals surface area (Å²) in [5.74, 6) is 8.88. The van der Waals surface area contributed by atoms with Crippen molar-refractivity contribution in [2.24, 2.45) is 5.84 Å². The number of anilines is 1. The van der Waals surface area contributed by atoms with Crippen molar-refractivity contribution >= 4 is 17.6 Å². The third-order valence-corrected chi connectivity index (χ3v) is 2.96. The molecule has 1 aromatic rings. The summed E-state index contributed by atoms with van der Waals surface area (Å²) in [6.45, 7) is 4.14. The number of nitrogens with one attached hydrogen (secondary N) is 1. The maximum absolute atomic E-state index is 5.32. The first kappa shape index (κ1) is 12.3. The lowest BCUT2D eigenvalue weighted by Crippen LogP contribution is -2.10. The number of nitrogen functional groups attached to an aromatic ring is 1. The van der Waals surface area contributed by atoms with Crippen LogP contribution in [0.4, 0.5) is 5.82 Å². The highest BCUT2D eigenvalue weighted by Gasteiger charge is 2.01. The average molecular weight is 226 g/mol. The highest BCUT2D eigenvalue weighted by Crippen LogP contribution is 2.13. The van der Waals surface area contributed by atoms with Gasteiger partial charge in [-0.3, -0.25) is 0 Å². The van der Waals surface area contributed by atoms with Crippen LogP contribution in [0.2, 0.25) is 0 Å². The van der Waals surface area contributed by atoms with Crippen molar-refractivity contribution in [3.63, 3.8) is 0 Å². The van der Waals surface area contributed by atoms with Gasteiger partial charge >= 0.3 is 0 Å². The predicted octanol–water partition coefficient (Wildman–Crippen LogP) is 2.10. The second kappa shape index (κ2) is 6.63. The highest BCUT2D eigenvalue weighted by molar-refractivity contribution is 7.98. The zero-order valence-corrected chi connectivity index (χ0v) is 10.1. The minimum absolute atomic E-state index is 0.689. The molecule has 1 aromatic heterocycles. The molecule has 84 valence electrons. The van der Waals surface area contributed by atoms with Gasteiger partial charge in [0.05, 0.1) is 5.75 Å². The SMILES string of the molecule is CCCCSCc1nc(C)cc(NN)n1. The van der Waals surface area contributed by atoms with Gasteiger partial charge in [-0.05, 0) is 19.1 Å². The summed E-state index contributed by atoms with van der Waals surface area (Å²) in [5.41, 5.74) is 3.50. The van der Waals surface area contributed by atoms with Crippen molar-refractivity contribution in [1.29, 1.82) is 0 Å². The van der Waals surface area contributed by atoms with Crippen molar-refractivity contribution in [3.05, 3.63) is 17.6 Å². The number of nitrogens with two attached hydrogens (primary N) is 1. The molecule has 0 saturated carbocycles. The standard InChI is InChI=1S/C10H18N4S/c1-3-4-5-15-7-10-12-8(2)6-9(13-10)14-11/h6H,3-5,7,11H2,1-2H3,(H,12,13,14). The summed E-state index contributed by atoms with van der Waals surface area (Å²) in [4.78, 5) is 8.63. The molecule has 0 aliphatic rings. The molecule has 0 radical (unpaired) electrons. The van der Waals surface area contributed by atoms with Crippen molar-refractivity contribution in [2.45, 2.75) is 32.4 Å². The molecule has 0 atom stereocenters. The van der Waals surface area contributed by atoms with Crippen LogP contribution in [-0.2, 0) is 5.75 Å². The number of thioether (sulfide) groups is 1. The predicted molar refractivity (Wildman–Crippen MR) is 65.6 cm³/mol. The molecular formula is C10H18N4S. The molecule has 4 nitrogen and oxygen atoms in total. The first-order valence-electron chi connectivity index (χ1n) is 5.15. The van der Waals surface area contributed by atoms with Crippen LogP contribution >= 0.6 is 11.8 Å². The molecule has 1 rings (SSSR count). The van der Waals surface area contributed by atoms with Gasteiger partial charge in [0.15, 0.2) is 0 Å². The fraction of sp³-hybridized carbons (Fsp3) is 0.600. The number of hydrazine groups is 1. The van der Waals surface area contributed by atoms with Crippen LogP contribution < -0.4 is 11.3 Å². The van der Waals surface area contributed by atoms with E-state index in [1.807, 2.05) is 24.8 Å². The van der Waals surface area contributed by atoms with Crippen LogP contribution in [0.25, 0.3) is 0 Å². The summed E-state index contributed by atoms with van der Waals surface area (Å²) in [6.07, 6.45) is 2.48. The summed E-state index contributed by atoms with van der Waals surface area (Å²) in [6, 6.07) is 1.83. The maximum atomic E-state index is 5.32. The van der Waals surface area contributed by atoms with Gasteiger partial charge in [-0.25, -0.2) is 15.8 Å². The number of aryl methyl sites for hydroxylation is 1. The Hall–Kier alpha value is -0.810. The number of hydrogen-bond acceptors (Lipinski definition) is 5. The topological polar surface area (TPSA) is 63.8 Å². The van der Waals surface area contributed by atoms with E-state index in [2.05, 4.69) is 22.3 Å². The van der Waals surface area contributed by atoms with Gasteiger partial charge in [0, 0.05) is 11.8 Å². The molecule has 15 heavy (non-hydrogen) atoms.